The first-order valence-corrected chi connectivity index (χ1v) is 5.41. The Labute approximate surface area is 94.1 Å². The molecule has 3 N–H and O–H groups in total. The Bertz CT molecular complexity index is 425. The second-order valence-electron chi connectivity index (χ2n) is 4.22. The van der Waals surface area contributed by atoms with Crippen LogP contribution in [0.4, 0.5) is 10.1 Å². The fraction of sp³-hybridized carbons (Fsp3) is 0.417. The molecule has 1 fully saturated rings. The van der Waals surface area contributed by atoms with Gasteiger partial charge in [0.1, 0.15) is 11.9 Å². The summed E-state index contributed by atoms with van der Waals surface area (Å²) < 4.78 is 13.1. The largest absolute Gasteiger partial charge is 0.382 e. The van der Waals surface area contributed by atoms with E-state index in [1.165, 1.54) is 6.07 Å². The fourth-order valence-corrected chi connectivity index (χ4v) is 2.08. The molecule has 1 aromatic carbocycles. The van der Waals surface area contributed by atoms with E-state index in [-0.39, 0.29) is 11.6 Å². The number of nitrogens with one attached hydrogen (secondary N) is 1. The first-order chi connectivity index (χ1) is 7.69. The molecule has 0 aliphatic heterocycles. The van der Waals surface area contributed by atoms with E-state index in [0.717, 1.165) is 24.9 Å². The zero-order valence-electron chi connectivity index (χ0n) is 8.91. The number of rotatable bonds is 2. The SMILES string of the molecule is N#Cc1cc(NC2CCC(N)C2)ccc1F. The van der Waals surface area contributed by atoms with E-state index in [2.05, 4.69) is 5.32 Å². The lowest BCUT2D eigenvalue weighted by Gasteiger charge is -2.14. The predicted molar refractivity (Wildman–Crippen MR) is 60.4 cm³/mol. The van der Waals surface area contributed by atoms with Crippen molar-refractivity contribution in [3.8, 4) is 6.07 Å². The lowest BCUT2D eigenvalue weighted by Crippen LogP contribution is -2.20. The number of hydrogen-bond acceptors (Lipinski definition) is 3. The number of nitriles is 1. The second-order valence-corrected chi connectivity index (χ2v) is 4.22. The molecule has 3 nitrogen and oxygen atoms in total. The third kappa shape index (κ3) is 2.31. The second kappa shape index (κ2) is 4.50. The Morgan fingerprint density at radius 2 is 2.25 bits per heavy atom. The molecule has 2 atom stereocenters. The number of nitrogens with zero attached hydrogens (tertiary/aromatic N) is 1. The molecule has 1 saturated carbocycles. The molecule has 1 aliphatic rings. The van der Waals surface area contributed by atoms with E-state index in [1.807, 2.05) is 6.07 Å². The van der Waals surface area contributed by atoms with E-state index in [4.69, 9.17) is 11.0 Å². The van der Waals surface area contributed by atoms with Crippen molar-refractivity contribution in [2.75, 3.05) is 5.32 Å². The Morgan fingerprint density at radius 3 is 2.88 bits per heavy atom. The number of anilines is 1. The summed E-state index contributed by atoms with van der Waals surface area (Å²) >= 11 is 0. The third-order valence-corrected chi connectivity index (χ3v) is 2.93. The summed E-state index contributed by atoms with van der Waals surface area (Å²) in [5, 5.41) is 12.0. The third-order valence-electron chi connectivity index (χ3n) is 2.93. The van der Waals surface area contributed by atoms with Crippen molar-refractivity contribution in [1.29, 1.82) is 5.26 Å². The van der Waals surface area contributed by atoms with Crippen molar-refractivity contribution in [1.82, 2.24) is 0 Å². The molecule has 16 heavy (non-hydrogen) atoms. The van der Waals surface area contributed by atoms with Gasteiger partial charge in [-0.3, -0.25) is 0 Å². The first-order valence-electron chi connectivity index (χ1n) is 5.41. The molecule has 0 radical (unpaired) electrons. The van der Waals surface area contributed by atoms with Crippen LogP contribution in [0.15, 0.2) is 18.2 Å². The molecule has 84 valence electrons. The quantitative estimate of drug-likeness (QED) is 0.799. The minimum Gasteiger partial charge on any atom is -0.382 e. The molecule has 0 heterocycles. The van der Waals surface area contributed by atoms with Crippen molar-refractivity contribution in [2.45, 2.75) is 31.3 Å². The van der Waals surface area contributed by atoms with Gasteiger partial charge in [-0.2, -0.15) is 5.26 Å². The average Bonchev–Trinajstić information content (AvgIpc) is 2.67. The van der Waals surface area contributed by atoms with Gasteiger partial charge in [0.05, 0.1) is 5.56 Å². The summed E-state index contributed by atoms with van der Waals surface area (Å²) in [4.78, 5) is 0. The molecule has 0 bridgehead atoms. The van der Waals surface area contributed by atoms with Gasteiger partial charge in [-0.1, -0.05) is 0 Å². The van der Waals surface area contributed by atoms with E-state index < -0.39 is 5.82 Å². The topological polar surface area (TPSA) is 61.8 Å². The summed E-state index contributed by atoms with van der Waals surface area (Å²) in [5.41, 5.74) is 6.67. The highest BCUT2D eigenvalue weighted by molar-refractivity contribution is 5.50. The summed E-state index contributed by atoms with van der Waals surface area (Å²) in [6, 6.07) is 6.94. The molecule has 2 unspecified atom stereocenters. The lowest BCUT2D eigenvalue weighted by atomic mass is 10.1. The molecule has 1 aromatic rings. The van der Waals surface area contributed by atoms with Crippen LogP contribution in [0.3, 0.4) is 0 Å². The highest BCUT2D eigenvalue weighted by atomic mass is 19.1. The summed E-state index contributed by atoms with van der Waals surface area (Å²) in [6.07, 6.45) is 2.98. The van der Waals surface area contributed by atoms with Gasteiger partial charge in [0.15, 0.2) is 0 Å². The molecule has 0 spiro atoms. The zero-order chi connectivity index (χ0) is 11.5. The molecular weight excluding hydrogens is 205 g/mol. The molecule has 2 rings (SSSR count). The monoisotopic (exact) mass is 219 g/mol. The van der Waals surface area contributed by atoms with E-state index >= 15 is 0 Å². The Kier molecular flexibility index (Phi) is 3.07. The Hall–Kier alpha value is -1.60. The molecular formula is C12H14FN3. The number of halogens is 1. The molecule has 1 aliphatic carbocycles. The molecule has 0 aromatic heterocycles. The van der Waals surface area contributed by atoms with Crippen LogP contribution in [0.2, 0.25) is 0 Å². The molecule has 0 saturated heterocycles. The van der Waals surface area contributed by atoms with Crippen LogP contribution in [-0.4, -0.2) is 12.1 Å². The van der Waals surface area contributed by atoms with Gasteiger partial charge in [-0.05, 0) is 37.5 Å². The minimum absolute atomic E-state index is 0.0762. The predicted octanol–water partition coefficient (Wildman–Crippen LogP) is 1.99. The standard InChI is InChI=1S/C12H14FN3/c13-12-4-3-10(5-8(12)7-14)16-11-2-1-9(15)6-11/h3-5,9,11,16H,1-2,6,15H2. The first kappa shape index (κ1) is 10.9. The number of benzene rings is 1. The van der Waals surface area contributed by atoms with Crippen LogP contribution in [0.25, 0.3) is 0 Å². The van der Waals surface area contributed by atoms with Gasteiger partial charge < -0.3 is 11.1 Å². The van der Waals surface area contributed by atoms with E-state index in [9.17, 15) is 4.39 Å². The number of hydrogen-bond donors (Lipinski definition) is 2. The number of nitrogens with two attached hydrogens (primary N) is 1. The van der Waals surface area contributed by atoms with E-state index in [0.29, 0.717) is 6.04 Å². The van der Waals surface area contributed by atoms with Crippen molar-refractivity contribution in [3.05, 3.63) is 29.6 Å². The van der Waals surface area contributed by atoms with Gasteiger partial charge >= 0.3 is 0 Å². The van der Waals surface area contributed by atoms with Gasteiger partial charge in [-0.25, -0.2) is 4.39 Å². The maximum Gasteiger partial charge on any atom is 0.141 e. The maximum atomic E-state index is 13.1. The summed E-state index contributed by atoms with van der Waals surface area (Å²) in [7, 11) is 0. The fourth-order valence-electron chi connectivity index (χ4n) is 2.08. The van der Waals surface area contributed by atoms with Gasteiger partial charge in [-0.15, -0.1) is 0 Å². The zero-order valence-corrected chi connectivity index (χ0v) is 8.91. The van der Waals surface area contributed by atoms with Gasteiger partial charge in [0, 0.05) is 17.8 Å². The summed E-state index contributed by atoms with van der Waals surface area (Å²) in [6.45, 7) is 0. The van der Waals surface area contributed by atoms with Gasteiger partial charge in [0.2, 0.25) is 0 Å². The van der Waals surface area contributed by atoms with Crippen LogP contribution in [0, 0.1) is 17.1 Å². The smallest absolute Gasteiger partial charge is 0.141 e. The highest BCUT2D eigenvalue weighted by Crippen LogP contribution is 2.22. The van der Waals surface area contributed by atoms with Gasteiger partial charge in [0.25, 0.3) is 0 Å². The summed E-state index contributed by atoms with van der Waals surface area (Å²) in [5.74, 6) is -0.476. The Morgan fingerprint density at radius 1 is 1.44 bits per heavy atom. The van der Waals surface area contributed by atoms with Crippen LogP contribution in [-0.2, 0) is 0 Å². The van der Waals surface area contributed by atoms with Crippen molar-refractivity contribution < 1.29 is 4.39 Å². The van der Waals surface area contributed by atoms with Crippen LogP contribution < -0.4 is 11.1 Å². The Balaban J connectivity index is 2.08. The highest BCUT2D eigenvalue weighted by Gasteiger charge is 2.21. The van der Waals surface area contributed by atoms with Crippen LogP contribution in [0.5, 0.6) is 0 Å². The average molecular weight is 219 g/mol. The van der Waals surface area contributed by atoms with E-state index in [1.54, 1.807) is 12.1 Å². The lowest BCUT2D eigenvalue weighted by molar-refractivity contribution is 0.623. The normalized spacial score (nSPS) is 24.1. The maximum absolute atomic E-state index is 13.1. The molecule has 0 amide bonds. The van der Waals surface area contributed by atoms with Crippen LogP contribution in [0.1, 0.15) is 24.8 Å². The van der Waals surface area contributed by atoms with Crippen molar-refractivity contribution >= 4 is 5.69 Å². The van der Waals surface area contributed by atoms with Crippen LogP contribution >= 0.6 is 0 Å². The van der Waals surface area contributed by atoms with Crippen molar-refractivity contribution in [3.63, 3.8) is 0 Å². The molecule has 4 heteroatoms. The van der Waals surface area contributed by atoms with Crippen molar-refractivity contribution in [2.24, 2.45) is 5.73 Å². The minimum atomic E-state index is -0.476.